The molecular weight excluding hydrogens is 287 g/mol. The number of rotatable bonds is 4. The van der Waals surface area contributed by atoms with E-state index >= 15 is 0 Å². The van der Waals surface area contributed by atoms with Crippen molar-refractivity contribution in [2.24, 2.45) is 5.73 Å². The molecule has 5 heteroatoms. The Kier molecular flexibility index (Phi) is 4.64. The Morgan fingerprint density at radius 3 is 2.62 bits per heavy atom. The van der Waals surface area contributed by atoms with Gasteiger partial charge in [-0.3, -0.25) is 0 Å². The third kappa shape index (κ3) is 3.80. The van der Waals surface area contributed by atoms with E-state index in [0.29, 0.717) is 6.42 Å². The van der Waals surface area contributed by atoms with Gasteiger partial charge in [0.25, 0.3) is 0 Å². The van der Waals surface area contributed by atoms with E-state index in [2.05, 4.69) is 31.1 Å². The van der Waals surface area contributed by atoms with Crippen molar-refractivity contribution in [1.82, 2.24) is 4.98 Å². The summed E-state index contributed by atoms with van der Waals surface area (Å²) in [6.07, 6.45) is 0.604. The zero-order valence-electron chi connectivity index (χ0n) is 12.8. The van der Waals surface area contributed by atoms with Crippen LogP contribution in [0.4, 0.5) is 4.39 Å². The summed E-state index contributed by atoms with van der Waals surface area (Å²) in [5.41, 5.74) is 8.01. The molecule has 0 radical (unpaired) electrons. The molecule has 2 aromatic rings. The van der Waals surface area contributed by atoms with Crippen molar-refractivity contribution in [3.63, 3.8) is 0 Å². The summed E-state index contributed by atoms with van der Waals surface area (Å²) in [5.74, 6) is -0.157. The molecule has 0 spiro atoms. The van der Waals surface area contributed by atoms with Gasteiger partial charge in [0.2, 0.25) is 0 Å². The molecule has 0 aliphatic carbocycles. The molecule has 0 saturated carbocycles. The summed E-state index contributed by atoms with van der Waals surface area (Å²) in [6, 6.07) is 4.56. The molecule has 0 fully saturated rings. The van der Waals surface area contributed by atoms with Gasteiger partial charge in [-0.05, 0) is 17.7 Å². The first-order valence-corrected chi connectivity index (χ1v) is 7.73. The number of methoxy groups -OCH3 is 1. The molecule has 1 atom stereocenters. The first-order chi connectivity index (χ1) is 9.81. The smallest absolute Gasteiger partial charge is 0.165 e. The summed E-state index contributed by atoms with van der Waals surface area (Å²) in [5, 5.41) is 3.04. The molecule has 1 aromatic heterocycles. The summed E-state index contributed by atoms with van der Waals surface area (Å²) >= 11 is 1.60. The second-order valence-corrected chi connectivity index (χ2v) is 7.02. The van der Waals surface area contributed by atoms with E-state index in [1.54, 1.807) is 23.5 Å². The highest BCUT2D eigenvalue weighted by atomic mass is 32.1. The van der Waals surface area contributed by atoms with Crippen LogP contribution in [0.15, 0.2) is 23.6 Å². The van der Waals surface area contributed by atoms with Gasteiger partial charge in [-0.2, -0.15) is 0 Å². The van der Waals surface area contributed by atoms with E-state index in [4.69, 9.17) is 10.5 Å². The molecule has 21 heavy (non-hydrogen) atoms. The van der Waals surface area contributed by atoms with E-state index in [-0.39, 0.29) is 23.0 Å². The SMILES string of the molecule is COc1ccc(C(N)Cc2nc(C(C)(C)C)cs2)cc1F. The summed E-state index contributed by atoms with van der Waals surface area (Å²) in [6.45, 7) is 6.39. The number of hydrogen-bond acceptors (Lipinski definition) is 4. The van der Waals surface area contributed by atoms with Gasteiger partial charge in [0.15, 0.2) is 11.6 Å². The lowest BCUT2D eigenvalue weighted by Gasteiger charge is -2.15. The Morgan fingerprint density at radius 2 is 2.10 bits per heavy atom. The first-order valence-electron chi connectivity index (χ1n) is 6.85. The lowest BCUT2D eigenvalue weighted by atomic mass is 9.93. The van der Waals surface area contributed by atoms with Crippen LogP contribution in [0.2, 0.25) is 0 Å². The topological polar surface area (TPSA) is 48.1 Å². The number of nitrogens with zero attached hydrogens (tertiary/aromatic N) is 1. The molecule has 2 rings (SSSR count). The van der Waals surface area contributed by atoms with Gasteiger partial charge in [0.1, 0.15) is 0 Å². The van der Waals surface area contributed by atoms with Crippen LogP contribution in [-0.2, 0) is 11.8 Å². The van der Waals surface area contributed by atoms with Crippen LogP contribution in [0.3, 0.4) is 0 Å². The fraction of sp³-hybridized carbons (Fsp3) is 0.438. The van der Waals surface area contributed by atoms with Crippen molar-refractivity contribution < 1.29 is 9.13 Å². The zero-order chi connectivity index (χ0) is 15.6. The third-order valence-electron chi connectivity index (χ3n) is 3.32. The monoisotopic (exact) mass is 308 g/mol. The maximum atomic E-state index is 13.7. The van der Waals surface area contributed by atoms with Crippen LogP contribution in [0, 0.1) is 5.82 Å². The lowest BCUT2D eigenvalue weighted by Crippen LogP contribution is -2.15. The van der Waals surface area contributed by atoms with Crippen LogP contribution in [0.1, 0.15) is 43.1 Å². The molecular formula is C16H21FN2OS. The predicted molar refractivity (Wildman–Crippen MR) is 84.4 cm³/mol. The predicted octanol–water partition coefficient (Wildman–Crippen LogP) is 3.83. The van der Waals surface area contributed by atoms with Crippen LogP contribution in [-0.4, -0.2) is 12.1 Å². The largest absolute Gasteiger partial charge is 0.494 e. The molecule has 0 aliphatic heterocycles. The average molecular weight is 308 g/mol. The Bertz CT molecular complexity index is 619. The van der Waals surface area contributed by atoms with Gasteiger partial charge in [-0.15, -0.1) is 11.3 Å². The third-order valence-corrected chi connectivity index (χ3v) is 4.19. The maximum Gasteiger partial charge on any atom is 0.165 e. The summed E-state index contributed by atoms with van der Waals surface area (Å²) in [7, 11) is 1.45. The quantitative estimate of drug-likeness (QED) is 0.934. The van der Waals surface area contributed by atoms with Crippen LogP contribution >= 0.6 is 11.3 Å². The van der Waals surface area contributed by atoms with E-state index in [1.807, 2.05) is 0 Å². The van der Waals surface area contributed by atoms with E-state index in [1.165, 1.54) is 13.2 Å². The standard InChI is InChI=1S/C16H21FN2OS/c1-16(2,3)14-9-21-15(19-14)8-12(18)10-5-6-13(20-4)11(17)7-10/h5-7,9,12H,8,18H2,1-4H3. The van der Waals surface area contributed by atoms with Crippen molar-refractivity contribution in [2.45, 2.75) is 38.6 Å². The molecule has 1 unspecified atom stereocenters. The van der Waals surface area contributed by atoms with Crippen molar-refractivity contribution in [3.05, 3.63) is 45.7 Å². The molecule has 2 N–H and O–H groups in total. The van der Waals surface area contributed by atoms with Gasteiger partial charge < -0.3 is 10.5 Å². The Hall–Kier alpha value is -1.46. The van der Waals surface area contributed by atoms with E-state index in [0.717, 1.165) is 16.3 Å². The minimum absolute atomic E-state index is 0.0328. The normalized spacial score (nSPS) is 13.2. The van der Waals surface area contributed by atoms with E-state index < -0.39 is 0 Å². The molecule has 1 heterocycles. The van der Waals surface area contributed by atoms with Crippen LogP contribution < -0.4 is 10.5 Å². The maximum absolute atomic E-state index is 13.7. The molecule has 1 aromatic carbocycles. The average Bonchev–Trinajstić information content (AvgIpc) is 2.87. The molecule has 0 saturated heterocycles. The number of hydrogen-bond donors (Lipinski definition) is 1. The van der Waals surface area contributed by atoms with E-state index in [9.17, 15) is 4.39 Å². The van der Waals surface area contributed by atoms with Crippen molar-refractivity contribution in [1.29, 1.82) is 0 Å². The second-order valence-electron chi connectivity index (χ2n) is 6.08. The van der Waals surface area contributed by atoms with Gasteiger partial charge in [-0.25, -0.2) is 9.37 Å². The first kappa shape index (κ1) is 15.9. The Balaban J connectivity index is 2.12. The molecule has 0 amide bonds. The number of aromatic nitrogens is 1. The summed E-state index contributed by atoms with van der Waals surface area (Å²) < 4.78 is 18.6. The Labute approximate surface area is 129 Å². The highest BCUT2D eigenvalue weighted by Crippen LogP contribution is 2.27. The number of ether oxygens (including phenoxy) is 1. The van der Waals surface area contributed by atoms with Gasteiger partial charge in [-0.1, -0.05) is 26.8 Å². The van der Waals surface area contributed by atoms with Crippen molar-refractivity contribution in [3.8, 4) is 5.75 Å². The number of thiazole rings is 1. The minimum Gasteiger partial charge on any atom is -0.494 e. The second kappa shape index (κ2) is 6.12. The van der Waals surface area contributed by atoms with Crippen LogP contribution in [0.5, 0.6) is 5.75 Å². The number of benzene rings is 1. The number of halogens is 1. The fourth-order valence-corrected chi connectivity index (χ4v) is 3.05. The molecule has 0 bridgehead atoms. The van der Waals surface area contributed by atoms with Gasteiger partial charge >= 0.3 is 0 Å². The number of nitrogens with two attached hydrogens (primary N) is 1. The van der Waals surface area contributed by atoms with Gasteiger partial charge in [0.05, 0.1) is 17.8 Å². The molecule has 114 valence electrons. The van der Waals surface area contributed by atoms with Crippen molar-refractivity contribution >= 4 is 11.3 Å². The van der Waals surface area contributed by atoms with Crippen LogP contribution in [0.25, 0.3) is 0 Å². The fourth-order valence-electron chi connectivity index (χ4n) is 1.97. The zero-order valence-corrected chi connectivity index (χ0v) is 13.6. The van der Waals surface area contributed by atoms with Gasteiger partial charge in [0, 0.05) is 23.3 Å². The molecule has 3 nitrogen and oxygen atoms in total. The highest BCUT2D eigenvalue weighted by molar-refractivity contribution is 7.09. The summed E-state index contributed by atoms with van der Waals surface area (Å²) in [4.78, 5) is 4.62. The van der Waals surface area contributed by atoms with Crippen molar-refractivity contribution in [2.75, 3.05) is 7.11 Å². The minimum atomic E-state index is -0.389. The molecule has 0 aliphatic rings. The Morgan fingerprint density at radius 1 is 1.38 bits per heavy atom. The highest BCUT2D eigenvalue weighted by Gasteiger charge is 2.19. The lowest BCUT2D eigenvalue weighted by molar-refractivity contribution is 0.386.